The lowest BCUT2D eigenvalue weighted by atomic mass is 10.2. The van der Waals surface area contributed by atoms with Crippen LogP contribution in [0.2, 0.25) is 0 Å². The molecule has 0 aliphatic heterocycles. The van der Waals surface area contributed by atoms with Gasteiger partial charge in [0.2, 0.25) is 0 Å². The third-order valence-electron chi connectivity index (χ3n) is 2.95. The number of anilines is 1. The Balaban J connectivity index is 2.31. The second kappa shape index (κ2) is 6.56. The number of aromatic nitrogens is 2. The highest BCUT2D eigenvalue weighted by atomic mass is 79.9. The zero-order valence-electron chi connectivity index (χ0n) is 11.3. The standard InChI is InChI=1S/C14H16BrN3O2/c1-3-18-9-16-8-12(18)13(14(19)20-2)17-11-6-4-5-10(15)7-11/h4-9,13,17H,3H2,1-2H3. The van der Waals surface area contributed by atoms with Gasteiger partial charge in [-0.1, -0.05) is 22.0 Å². The Hall–Kier alpha value is -1.82. The number of imidazole rings is 1. The molecule has 1 aromatic carbocycles. The van der Waals surface area contributed by atoms with Crippen molar-refractivity contribution in [3.05, 3.63) is 47.0 Å². The zero-order valence-corrected chi connectivity index (χ0v) is 12.9. The number of ether oxygens (including phenoxy) is 1. The normalized spacial score (nSPS) is 11.9. The number of esters is 1. The van der Waals surface area contributed by atoms with Crippen LogP contribution in [-0.2, 0) is 16.1 Å². The fourth-order valence-electron chi connectivity index (χ4n) is 1.95. The maximum Gasteiger partial charge on any atom is 0.334 e. The van der Waals surface area contributed by atoms with Crippen LogP contribution in [0.25, 0.3) is 0 Å². The maximum absolute atomic E-state index is 12.0. The van der Waals surface area contributed by atoms with E-state index in [9.17, 15) is 4.79 Å². The summed E-state index contributed by atoms with van der Waals surface area (Å²) in [6.07, 6.45) is 3.38. The Morgan fingerprint density at radius 3 is 3.00 bits per heavy atom. The van der Waals surface area contributed by atoms with E-state index < -0.39 is 6.04 Å². The van der Waals surface area contributed by atoms with Gasteiger partial charge in [-0.15, -0.1) is 0 Å². The predicted molar refractivity (Wildman–Crippen MR) is 80.4 cm³/mol. The molecule has 1 aromatic heterocycles. The van der Waals surface area contributed by atoms with E-state index in [4.69, 9.17) is 4.74 Å². The first-order chi connectivity index (χ1) is 9.65. The number of halogens is 1. The van der Waals surface area contributed by atoms with Gasteiger partial charge in [0.1, 0.15) is 0 Å². The minimum atomic E-state index is -0.586. The highest BCUT2D eigenvalue weighted by Gasteiger charge is 2.24. The average molecular weight is 338 g/mol. The van der Waals surface area contributed by atoms with Crippen LogP contribution in [0.3, 0.4) is 0 Å². The lowest BCUT2D eigenvalue weighted by Crippen LogP contribution is -2.24. The molecular weight excluding hydrogens is 322 g/mol. The molecular formula is C14H16BrN3O2. The van der Waals surface area contributed by atoms with Crippen LogP contribution in [0, 0.1) is 0 Å². The number of carbonyl (C=O) groups is 1. The summed E-state index contributed by atoms with van der Waals surface area (Å²) in [6, 6.07) is 7.04. The van der Waals surface area contributed by atoms with Gasteiger partial charge in [-0.05, 0) is 25.1 Å². The molecule has 0 bridgehead atoms. The average Bonchev–Trinajstić information content (AvgIpc) is 2.92. The SMILES string of the molecule is CCn1cncc1C(Nc1cccc(Br)c1)C(=O)OC. The van der Waals surface area contributed by atoms with E-state index in [1.165, 1.54) is 7.11 Å². The van der Waals surface area contributed by atoms with Crippen LogP contribution < -0.4 is 5.32 Å². The molecule has 0 radical (unpaired) electrons. The largest absolute Gasteiger partial charge is 0.467 e. The lowest BCUT2D eigenvalue weighted by Gasteiger charge is -2.19. The number of nitrogens with zero attached hydrogens (tertiary/aromatic N) is 2. The topological polar surface area (TPSA) is 56.2 Å². The molecule has 2 rings (SSSR count). The van der Waals surface area contributed by atoms with Gasteiger partial charge < -0.3 is 14.6 Å². The summed E-state index contributed by atoms with van der Waals surface area (Å²) in [7, 11) is 1.38. The molecule has 0 saturated carbocycles. The third-order valence-corrected chi connectivity index (χ3v) is 3.45. The van der Waals surface area contributed by atoms with Crippen LogP contribution in [-0.4, -0.2) is 22.6 Å². The molecule has 20 heavy (non-hydrogen) atoms. The number of hydrogen-bond donors (Lipinski definition) is 1. The van der Waals surface area contributed by atoms with E-state index in [0.29, 0.717) is 0 Å². The quantitative estimate of drug-likeness (QED) is 0.852. The number of nitrogens with one attached hydrogen (secondary N) is 1. The van der Waals surface area contributed by atoms with Gasteiger partial charge in [0, 0.05) is 16.7 Å². The molecule has 0 saturated heterocycles. The summed E-state index contributed by atoms with van der Waals surface area (Å²) < 4.78 is 7.73. The smallest absolute Gasteiger partial charge is 0.334 e. The molecule has 0 amide bonds. The molecule has 106 valence electrons. The number of methoxy groups -OCH3 is 1. The van der Waals surface area contributed by atoms with Crippen LogP contribution in [0.5, 0.6) is 0 Å². The van der Waals surface area contributed by atoms with Gasteiger partial charge in [-0.3, -0.25) is 0 Å². The van der Waals surface area contributed by atoms with Crippen molar-refractivity contribution in [2.24, 2.45) is 0 Å². The predicted octanol–water partition coefficient (Wildman–Crippen LogP) is 2.99. The Labute approximate surface area is 126 Å². The van der Waals surface area contributed by atoms with E-state index >= 15 is 0 Å². The van der Waals surface area contributed by atoms with Gasteiger partial charge in [0.15, 0.2) is 6.04 Å². The molecule has 2 aromatic rings. The monoisotopic (exact) mass is 337 g/mol. The maximum atomic E-state index is 12.0. The zero-order chi connectivity index (χ0) is 14.5. The van der Waals surface area contributed by atoms with Gasteiger partial charge in [-0.25, -0.2) is 9.78 Å². The second-order valence-corrected chi connectivity index (χ2v) is 5.13. The minimum Gasteiger partial charge on any atom is -0.467 e. The van der Waals surface area contributed by atoms with E-state index in [0.717, 1.165) is 22.4 Å². The molecule has 0 fully saturated rings. The fraction of sp³-hybridized carbons (Fsp3) is 0.286. The molecule has 1 unspecified atom stereocenters. The summed E-state index contributed by atoms with van der Waals surface area (Å²) in [5, 5.41) is 3.18. The van der Waals surface area contributed by atoms with Gasteiger partial charge in [0.05, 0.1) is 25.3 Å². The molecule has 0 spiro atoms. The van der Waals surface area contributed by atoms with Crippen LogP contribution >= 0.6 is 15.9 Å². The first-order valence-corrected chi connectivity index (χ1v) is 7.05. The molecule has 1 atom stereocenters. The Bertz CT molecular complexity index is 598. The summed E-state index contributed by atoms with van der Waals surface area (Å²) in [6.45, 7) is 2.74. The van der Waals surface area contributed by atoms with Gasteiger partial charge in [0.25, 0.3) is 0 Å². The summed E-state index contributed by atoms with van der Waals surface area (Å²) in [4.78, 5) is 16.1. The Morgan fingerprint density at radius 2 is 2.35 bits per heavy atom. The van der Waals surface area contributed by atoms with E-state index in [2.05, 4.69) is 26.2 Å². The Morgan fingerprint density at radius 1 is 1.55 bits per heavy atom. The van der Waals surface area contributed by atoms with Crippen molar-refractivity contribution in [1.82, 2.24) is 9.55 Å². The van der Waals surface area contributed by atoms with Gasteiger partial charge in [-0.2, -0.15) is 0 Å². The van der Waals surface area contributed by atoms with Crippen LogP contribution in [0.4, 0.5) is 5.69 Å². The number of rotatable bonds is 5. The summed E-state index contributed by atoms with van der Waals surface area (Å²) in [5.41, 5.74) is 1.61. The fourth-order valence-corrected chi connectivity index (χ4v) is 2.35. The minimum absolute atomic E-state index is 0.347. The molecule has 1 heterocycles. The van der Waals surface area contributed by atoms with E-state index in [1.54, 1.807) is 12.5 Å². The summed E-state index contributed by atoms with van der Waals surface area (Å²) >= 11 is 3.41. The Kier molecular flexibility index (Phi) is 4.79. The summed E-state index contributed by atoms with van der Waals surface area (Å²) in [5.74, 6) is -0.347. The highest BCUT2D eigenvalue weighted by Crippen LogP contribution is 2.23. The van der Waals surface area contributed by atoms with E-state index in [1.807, 2.05) is 35.8 Å². The van der Waals surface area contributed by atoms with Crippen molar-refractivity contribution in [2.45, 2.75) is 19.5 Å². The number of aryl methyl sites for hydroxylation is 1. The molecule has 1 N–H and O–H groups in total. The molecule has 5 nitrogen and oxygen atoms in total. The lowest BCUT2D eigenvalue weighted by molar-refractivity contribution is -0.141. The number of carbonyl (C=O) groups excluding carboxylic acids is 1. The van der Waals surface area contributed by atoms with Crippen LogP contribution in [0.1, 0.15) is 18.7 Å². The highest BCUT2D eigenvalue weighted by molar-refractivity contribution is 9.10. The van der Waals surface area contributed by atoms with Crippen molar-refractivity contribution >= 4 is 27.6 Å². The van der Waals surface area contributed by atoms with Gasteiger partial charge >= 0.3 is 5.97 Å². The third kappa shape index (κ3) is 3.19. The number of hydrogen-bond acceptors (Lipinski definition) is 4. The molecule has 0 aliphatic carbocycles. The van der Waals surface area contributed by atoms with Crippen LogP contribution in [0.15, 0.2) is 41.3 Å². The first-order valence-electron chi connectivity index (χ1n) is 6.25. The number of benzene rings is 1. The first kappa shape index (κ1) is 14.6. The van der Waals surface area contributed by atoms with E-state index in [-0.39, 0.29) is 5.97 Å². The molecule has 0 aliphatic rings. The van der Waals surface area contributed by atoms with Crippen molar-refractivity contribution in [3.8, 4) is 0 Å². The van der Waals surface area contributed by atoms with Crippen molar-refractivity contribution in [3.63, 3.8) is 0 Å². The van der Waals surface area contributed by atoms with Crippen molar-refractivity contribution in [2.75, 3.05) is 12.4 Å². The van der Waals surface area contributed by atoms with Crippen molar-refractivity contribution in [1.29, 1.82) is 0 Å². The molecule has 6 heteroatoms. The second-order valence-electron chi connectivity index (χ2n) is 4.22. The van der Waals surface area contributed by atoms with Crippen molar-refractivity contribution < 1.29 is 9.53 Å².